The zero-order valence-corrected chi connectivity index (χ0v) is 44.6. The van der Waals surface area contributed by atoms with Crippen molar-refractivity contribution in [2.24, 2.45) is 0 Å². The zero-order valence-electron chi connectivity index (χ0n) is 44.6. The van der Waals surface area contributed by atoms with Crippen LogP contribution in [0.5, 0.6) is 0 Å². The number of rotatable bonds is 10. The fourth-order valence-electron chi connectivity index (χ4n) is 13.0. The molecule has 14 aromatic rings. The number of nitrogens with zero attached hydrogens (tertiary/aromatic N) is 4. The molecule has 1 aliphatic carbocycles. The largest absolute Gasteiger partial charge is 0.310 e. The number of anilines is 6. The zero-order chi connectivity index (χ0) is 54.3. The van der Waals surface area contributed by atoms with Gasteiger partial charge in [-0.15, -0.1) is 0 Å². The lowest BCUT2D eigenvalue weighted by molar-refractivity contribution is 0.627. The molecule has 0 radical (unpaired) electrons. The van der Waals surface area contributed by atoms with Crippen LogP contribution in [0.1, 0.15) is 33.4 Å². The Hall–Kier alpha value is -10.3. The van der Waals surface area contributed by atoms with E-state index in [-0.39, 0.29) is 11.6 Å². The van der Waals surface area contributed by atoms with Crippen molar-refractivity contribution < 1.29 is 8.78 Å². The molecule has 0 spiro atoms. The van der Waals surface area contributed by atoms with Gasteiger partial charge in [0.2, 0.25) is 0 Å². The summed E-state index contributed by atoms with van der Waals surface area (Å²) < 4.78 is 33.1. The van der Waals surface area contributed by atoms with Crippen LogP contribution < -0.4 is 9.80 Å². The minimum absolute atomic E-state index is 0.263. The van der Waals surface area contributed by atoms with Crippen molar-refractivity contribution in [1.82, 2.24) is 9.13 Å². The third kappa shape index (κ3) is 7.70. The summed E-state index contributed by atoms with van der Waals surface area (Å²) in [5.41, 5.74) is 20.8. The molecule has 0 amide bonds. The molecule has 0 saturated heterocycles. The number of aromatic nitrogens is 2. The normalized spacial score (nSPS) is 12.5. The van der Waals surface area contributed by atoms with E-state index in [1.807, 2.05) is 24.3 Å². The Morgan fingerprint density at radius 1 is 0.296 bits per heavy atom. The van der Waals surface area contributed by atoms with Gasteiger partial charge < -0.3 is 18.9 Å². The highest BCUT2D eigenvalue weighted by Gasteiger charge is 2.47. The van der Waals surface area contributed by atoms with Gasteiger partial charge in [-0.3, -0.25) is 0 Å². The number of hydrogen-bond acceptors (Lipinski definition) is 2. The first kappa shape index (κ1) is 47.9. The summed E-state index contributed by atoms with van der Waals surface area (Å²) in [6.45, 7) is 4.26. The second-order valence-corrected chi connectivity index (χ2v) is 21.3. The van der Waals surface area contributed by atoms with Gasteiger partial charge in [0, 0.05) is 67.0 Å². The molecule has 0 fully saturated rings. The quantitative estimate of drug-likeness (QED) is 0.136. The smallest absolute Gasteiger partial charge is 0.123 e. The van der Waals surface area contributed by atoms with Gasteiger partial charge in [-0.25, -0.2) is 8.78 Å². The molecular formula is C75H52F2N4. The molecular weight excluding hydrogens is 995 g/mol. The highest BCUT2D eigenvalue weighted by atomic mass is 19.1. The number of halogens is 2. The van der Waals surface area contributed by atoms with Gasteiger partial charge in [0.25, 0.3) is 0 Å². The van der Waals surface area contributed by atoms with E-state index in [1.165, 1.54) is 68.8 Å². The molecule has 2 aromatic heterocycles. The Labute approximate surface area is 468 Å². The van der Waals surface area contributed by atoms with Crippen LogP contribution in [0.25, 0.3) is 66.1 Å². The minimum Gasteiger partial charge on any atom is -0.310 e. The molecule has 0 N–H and O–H groups in total. The Bertz CT molecular complexity index is 4410. The van der Waals surface area contributed by atoms with Crippen LogP contribution in [0.15, 0.2) is 279 Å². The van der Waals surface area contributed by atoms with E-state index in [0.29, 0.717) is 0 Å². The number of fused-ring (bicyclic) bond motifs is 9. The van der Waals surface area contributed by atoms with Crippen LogP contribution in [0, 0.1) is 25.5 Å². The molecule has 4 nitrogen and oxygen atoms in total. The molecule has 386 valence electrons. The van der Waals surface area contributed by atoms with Gasteiger partial charge in [-0.05, 0) is 193 Å². The Morgan fingerprint density at radius 2 is 0.630 bits per heavy atom. The number of hydrogen-bond donors (Lipinski definition) is 0. The highest BCUT2D eigenvalue weighted by molar-refractivity contribution is 6.12. The van der Waals surface area contributed by atoms with Crippen molar-refractivity contribution in [1.29, 1.82) is 0 Å². The van der Waals surface area contributed by atoms with Crippen LogP contribution in [0.3, 0.4) is 0 Å². The van der Waals surface area contributed by atoms with Gasteiger partial charge >= 0.3 is 0 Å². The number of benzene rings is 12. The highest BCUT2D eigenvalue weighted by Crippen LogP contribution is 2.59. The van der Waals surface area contributed by atoms with Crippen LogP contribution in [-0.4, -0.2) is 9.13 Å². The molecule has 1 aliphatic rings. The Balaban J connectivity index is 0.945. The molecule has 12 aromatic carbocycles. The summed E-state index contributed by atoms with van der Waals surface area (Å²) in [5, 5.41) is 4.44. The average molecular weight is 1050 g/mol. The van der Waals surface area contributed by atoms with Gasteiger partial charge in [-0.2, -0.15) is 0 Å². The minimum atomic E-state index is -0.754. The first-order valence-corrected chi connectivity index (χ1v) is 27.5. The van der Waals surface area contributed by atoms with Crippen molar-refractivity contribution in [2.75, 3.05) is 9.80 Å². The van der Waals surface area contributed by atoms with Gasteiger partial charge in [0.1, 0.15) is 11.6 Å². The monoisotopic (exact) mass is 1050 g/mol. The van der Waals surface area contributed by atoms with Crippen molar-refractivity contribution in [3.63, 3.8) is 0 Å². The predicted octanol–water partition coefficient (Wildman–Crippen LogP) is 20.1. The van der Waals surface area contributed by atoms with Crippen molar-refractivity contribution in [2.45, 2.75) is 19.3 Å². The summed E-state index contributed by atoms with van der Waals surface area (Å²) >= 11 is 0. The van der Waals surface area contributed by atoms with Crippen LogP contribution in [0.4, 0.5) is 42.9 Å². The predicted molar refractivity (Wildman–Crippen MR) is 331 cm³/mol. The van der Waals surface area contributed by atoms with E-state index in [1.54, 1.807) is 0 Å². The van der Waals surface area contributed by atoms with Gasteiger partial charge in [-0.1, -0.05) is 145 Å². The average Bonchev–Trinajstić information content (AvgIpc) is 4.32. The molecule has 0 aliphatic heterocycles. The molecule has 15 rings (SSSR count). The molecule has 0 atom stereocenters. The van der Waals surface area contributed by atoms with Gasteiger partial charge in [0.15, 0.2) is 0 Å². The maximum absolute atomic E-state index is 14.3. The second kappa shape index (κ2) is 19.0. The van der Waals surface area contributed by atoms with Crippen molar-refractivity contribution in [3.8, 4) is 22.5 Å². The number of para-hydroxylation sites is 2. The fourth-order valence-corrected chi connectivity index (χ4v) is 13.0. The summed E-state index contributed by atoms with van der Waals surface area (Å²) in [4.78, 5) is 4.78. The van der Waals surface area contributed by atoms with E-state index in [0.717, 1.165) is 89.1 Å². The summed E-state index contributed by atoms with van der Waals surface area (Å²) in [7, 11) is 0. The Kier molecular flexibility index (Phi) is 11.2. The van der Waals surface area contributed by atoms with E-state index in [4.69, 9.17) is 0 Å². The van der Waals surface area contributed by atoms with E-state index in [2.05, 4.69) is 263 Å². The topological polar surface area (TPSA) is 16.3 Å². The summed E-state index contributed by atoms with van der Waals surface area (Å²) in [6.07, 6.45) is 0. The van der Waals surface area contributed by atoms with Crippen LogP contribution >= 0.6 is 0 Å². The van der Waals surface area contributed by atoms with E-state index in [9.17, 15) is 8.78 Å². The lowest BCUT2D eigenvalue weighted by Gasteiger charge is -2.35. The maximum Gasteiger partial charge on any atom is 0.123 e. The molecule has 0 unspecified atom stereocenters. The van der Waals surface area contributed by atoms with Crippen LogP contribution in [0.2, 0.25) is 0 Å². The SMILES string of the molecule is Cc1ccc(N(c2ccc3c(c2)C(c2ccccc2)(c2ccccc2)c2cc(N(c4ccc(C)cc4)c4ccc5c(c4)c4ccccc4n5-c4ccc(F)cc4)ccc2-3)c2ccc3c(c2)c2ccccc2n3-c2ccc(F)cc2)cc1. The third-order valence-corrected chi connectivity index (χ3v) is 16.6. The summed E-state index contributed by atoms with van der Waals surface area (Å²) in [5.74, 6) is -0.526. The first-order valence-electron chi connectivity index (χ1n) is 27.5. The summed E-state index contributed by atoms with van der Waals surface area (Å²) in [6, 6.07) is 97.7. The standard InChI is InChI=1S/C75H52F2N4/c1-49-21-29-55(30-22-49)78(59-39-43-73-67(45-59)65-17-9-11-19-71(65)80(73)57-33-25-53(76)26-34-57)61-37-41-63-64-42-38-62(48-70(64)75(69(63)47-61,51-13-5-3-6-14-51)52-15-7-4-8-16-52)79(56-31-23-50(2)24-32-56)60-40-44-74-68(46-60)66-18-10-12-20-72(66)81(74)58-35-27-54(77)28-36-58/h3-48H,1-2H3. The lowest BCUT2D eigenvalue weighted by Crippen LogP contribution is -2.29. The van der Waals surface area contributed by atoms with Crippen molar-refractivity contribution >= 4 is 77.7 Å². The molecule has 0 bridgehead atoms. The maximum atomic E-state index is 14.3. The second-order valence-electron chi connectivity index (χ2n) is 21.3. The molecule has 0 saturated carbocycles. The van der Waals surface area contributed by atoms with Crippen molar-refractivity contribution in [3.05, 3.63) is 324 Å². The Morgan fingerprint density at radius 3 is 1.04 bits per heavy atom. The third-order valence-electron chi connectivity index (χ3n) is 16.6. The molecule has 6 heteroatoms. The molecule has 81 heavy (non-hydrogen) atoms. The van der Waals surface area contributed by atoms with Crippen LogP contribution in [-0.2, 0) is 5.41 Å². The fraction of sp³-hybridized carbons (Fsp3) is 0.0400. The van der Waals surface area contributed by atoms with Gasteiger partial charge in [0.05, 0.1) is 27.5 Å². The van der Waals surface area contributed by atoms with E-state index >= 15 is 0 Å². The molecule has 2 heterocycles. The van der Waals surface area contributed by atoms with E-state index < -0.39 is 5.41 Å². The number of aryl methyl sites for hydroxylation is 2. The lowest BCUT2D eigenvalue weighted by atomic mass is 9.67. The first-order chi connectivity index (χ1) is 39.8.